The van der Waals surface area contributed by atoms with Crippen molar-refractivity contribution in [3.05, 3.63) is 90.1 Å². The molecule has 3 rings (SSSR count). The number of nitrogens with one attached hydrogen (secondary N) is 2. The summed E-state index contributed by atoms with van der Waals surface area (Å²) >= 11 is 0. The summed E-state index contributed by atoms with van der Waals surface area (Å²) < 4.78 is 18.6. The molecule has 0 aliphatic heterocycles. The van der Waals surface area contributed by atoms with E-state index in [9.17, 15) is 9.18 Å². The van der Waals surface area contributed by atoms with Crippen molar-refractivity contribution in [1.29, 1.82) is 5.41 Å². The lowest BCUT2D eigenvalue weighted by Crippen LogP contribution is -2.73. The van der Waals surface area contributed by atoms with E-state index in [0.717, 1.165) is 5.56 Å². The van der Waals surface area contributed by atoms with Gasteiger partial charge in [0.15, 0.2) is 0 Å². The molecule has 0 aliphatic rings. The van der Waals surface area contributed by atoms with E-state index >= 15 is 0 Å². The molecule has 1 atom stereocenters. The number of Topliss-reactive ketones (excluding diaryl/α,β-unsaturated/α-hetero) is 1. The van der Waals surface area contributed by atoms with Crippen molar-refractivity contribution >= 4 is 22.9 Å². The third-order valence-corrected chi connectivity index (χ3v) is 4.51. The predicted molar refractivity (Wildman–Crippen MR) is 116 cm³/mol. The van der Waals surface area contributed by atoms with Crippen molar-refractivity contribution < 1.29 is 19.2 Å². The van der Waals surface area contributed by atoms with E-state index in [1.807, 2.05) is 37.4 Å². The monoisotopic (exact) mass is 420 g/mol. The normalized spacial score (nSPS) is 12.2. The van der Waals surface area contributed by atoms with Crippen LogP contribution in [0.4, 0.5) is 10.2 Å². The van der Waals surface area contributed by atoms with Crippen LogP contribution in [0, 0.1) is 11.2 Å². The standard InChI is InChI=1S/C23H22FN5O2/c1-26-12-18(15-6-4-3-5-7-15)21(25)23(30)22(16-8-10-17(24)11-9-16)29-19-13-27-14-20(28-19)31-2/h3-14,22,25-26H,1-2H3,(H,28,29)/p+1/b18-12-,25-21?. The molecule has 1 aromatic heterocycles. The van der Waals surface area contributed by atoms with Gasteiger partial charge in [-0.15, -0.1) is 0 Å². The van der Waals surface area contributed by atoms with E-state index in [2.05, 4.69) is 15.3 Å². The van der Waals surface area contributed by atoms with Crippen molar-refractivity contribution in [2.45, 2.75) is 6.04 Å². The lowest BCUT2D eigenvalue weighted by molar-refractivity contribution is -0.555. The smallest absolute Gasteiger partial charge is 0.233 e. The molecule has 0 bridgehead atoms. The van der Waals surface area contributed by atoms with E-state index in [1.165, 1.54) is 43.8 Å². The summed E-state index contributed by atoms with van der Waals surface area (Å²) in [6.07, 6.45) is 4.61. The van der Waals surface area contributed by atoms with Gasteiger partial charge in [-0.25, -0.2) is 4.39 Å². The molecule has 3 aromatic rings. The summed E-state index contributed by atoms with van der Waals surface area (Å²) in [5.41, 5.74) is 1.55. The number of aromatic nitrogens is 2. The van der Waals surface area contributed by atoms with Crippen LogP contribution in [0.5, 0.6) is 5.88 Å². The highest BCUT2D eigenvalue weighted by atomic mass is 19.1. The van der Waals surface area contributed by atoms with Gasteiger partial charge in [-0.3, -0.25) is 15.2 Å². The summed E-state index contributed by atoms with van der Waals surface area (Å²) in [7, 11) is 3.28. The molecule has 7 nitrogen and oxygen atoms in total. The second-order valence-corrected chi connectivity index (χ2v) is 6.59. The largest absolute Gasteiger partial charge is 0.480 e. The number of rotatable bonds is 9. The molecule has 0 amide bonds. The summed E-state index contributed by atoms with van der Waals surface area (Å²) in [5.74, 6) is -0.345. The molecule has 158 valence electrons. The van der Waals surface area contributed by atoms with Crippen LogP contribution in [0.3, 0.4) is 0 Å². The van der Waals surface area contributed by atoms with Crippen LogP contribution in [0.25, 0.3) is 5.57 Å². The van der Waals surface area contributed by atoms with Gasteiger partial charge < -0.3 is 15.4 Å². The Morgan fingerprint density at radius 1 is 1.16 bits per heavy atom. The Bertz CT molecular complexity index is 1080. The first-order chi connectivity index (χ1) is 15.0. The third kappa shape index (κ3) is 5.37. The van der Waals surface area contributed by atoms with Crippen molar-refractivity contribution in [1.82, 2.24) is 9.97 Å². The fraction of sp³-hybridized carbons (Fsp3) is 0.130. The number of ether oxygens (including phenoxy) is 1. The number of carbonyl (C=O) groups excluding carboxylic acids is 1. The Labute approximate surface area is 179 Å². The Morgan fingerprint density at radius 3 is 2.52 bits per heavy atom. The number of methoxy groups -OCH3 is 1. The number of carbonyl (C=O) groups is 1. The quantitative estimate of drug-likeness (QED) is 0.462. The van der Waals surface area contributed by atoms with Crippen molar-refractivity contribution in [2.75, 3.05) is 19.5 Å². The number of benzene rings is 2. The molecule has 1 heterocycles. The Kier molecular flexibility index (Phi) is 7.18. The molecule has 8 heteroatoms. The molecule has 0 spiro atoms. The maximum Gasteiger partial charge on any atom is 0.233 e. The summed E-state index contributed by atoms with van der Waals surface area (Å²) in [6.45, 7) is 0. The molecular weight excluding hydrogens is 397 g/mol. The Balaban J connectivity index is 1.99. The maximum absolute atomic E-state index is 13.5. The average Bonchev–Trinajstić information content (AvgIpc) is 2.81. The van der Waals surface area contributed by atoms with E-state index in [4.69, 9.17) is 10.1 Å². The molecule has 4 N–H and O–H groups in total. The lowest BCUT2D eigenvalue weighted by atomic mass is 9.92. The van der Waals surface area contributed by atoms with Gasteiger partial charge in [-0.1, -0.05) is 42.5 Å². The van der Waals surface area contributed by atoms with E-state index in [0.29, 0.717) is 17.0 Å². The van der Waals surface area contributed by atoms with Gasteiger partial charge in [0, 0.05) is 0 Å². The predicted octanol–water partition coefficient (Wildman–Crippen LogP) is 2.60. The second-order valence-electron chi connectivity index (χ2n) is 6.59. The SMILES string of the molecule is C[NH2+]/C=C(\C(=N)C(=O)C(Nc1cncc(OC)n1)c1ccc(F)cc1)c1ccccc1. The van der Waals surface area contributed by atoms with E-state index in [-0.39, 0.29) is 11.6 Å². The summed E-state index contributed by atoms with van der Waals surface area (Å²) in [5, 5.41) is 13.4. The van der Waals surface area contributed by atoms with Gasteiger partial charge in [-0.2, -0.15) is 4.98 Å². The zero-order valence-corrected chi connectivity index (χ0v) is 17.2. The number of allylic oxidation sites excluding steroid dienone is 1. The van der Waals surface area contributed by atoms with Gasteiger partial charge in [0.05, 0.1) is 32.1 Å². The van der Waals surface area contributed by atoms with Crippen LogP contribution in [0.15, 0.2) is 73.2 Å². The number of quaternary nitrogens is 1. The van der Waals surface area contributed by atoms with Crippen LogP contribution in [0.2, 0.25) is 0 Å². The first kappa shape index (κ1) is 21.8. The van der Waals surface area contributed by atoms with Crippen LogP contribution >= 0.6 is 0 Å². The molecule has 31 heavy (non-hydrogen) atoms. The number of nitrogens with two attached hydrogens (primary N) is 1. The van der Waals surface area contributed by atoms with Gasteiger partial charge >= 0.3 is 0 Å². The van der Waals surface area contributed by atoms with Crippen LogP contribution in [0.1, 0.15) is 17.2 Å². The Hall–Kier alpha value is -3.91. The molecule has 1 unspecified atom stereocenters. The minimum absolute atomic E-state index is 0.179. The summed E-state index contributed by atoms with van der Waals surface area (Å²) in [6, 6.07) is 13.8. The van der Waals surface area contributed by atoms with Crippen LogP contribution in [-0.2, 0) is 4.79 Å². The number of anilines is 1. The van der Waals surface area contributed by atoms with Crippen molar-refractivity contribution in [2.24, 2.45) is 0 Å². The zero-order chi connectivity index (χ0) is 22.2. The second kappa shape index (κ2) is 10.2. The highest BCUT2D eigenvalue weighted by molar-refractivity contribution is 6.56. The van der Waals surface area contributed by atoms with E-state index < -0.39 is 17.6 Å². The van der Waals surface area contributed by atoms with Gasteiger partial charge in [0.1, 0.15) is 29.6 Å². The molecule has 2 aromatic carbocycles. The Morgan fingerprint density at radius 2 is 1.87 bits per heavy atom. The van der Waals surface area contributed by atoms with Gasteiger partial charge in [0.25, 0.3) is 0 Å². The van der Waals surface area contributed by atoms with Crippen LogP contribution < -0.4 is 15.4 Å². The highest BCUT2D eigenvalue weighted by Gasteiger charge is 2.28. The first-order valence-electron chi connectivity index (χ1n) is 9.59. The van der Waals surface area contributed by atoms with Crippen LogP contribution in [-0.4, -0.2) is 35.6 Å². The highest BCUT2D eigenvalue weighted by Crippen LogP contribution is 2.24. The molecule has 0 saturated heterocycles. The van der Waals surface area contributed by atoms with Gasteiger partial charge in [-0.05, 0) is 23.3 Å². The molecule has 0 radical (unpaired) electrons. The number of ketones is 1. The van der Waals surface area contributed by atoms with Crippen molar-refractivity contribution in [3.8, 4) is 5.88 Å². The zero-order valence-electron chi connectivity index (χ0n) is 17.2. The topological polar surface area (TPSA) is 105 Å². The lowest BCUT2D eigenvalue weighted by Gasteiger charge is -2.20. The minimum atomic E-state index is -0.974. The number of nitrogens with zero attached hydrogens (tertiary/aromatic N) is 2. The third-order valence-electron chi connectivity index (χ3n) is 4.51. The van der Waals surface area contributed by atoms with E-state index in [1.54, 1.807) is 11.5 Å². The number of halogens is 1. The number of hydrogen-bond donors (Lipinski definition) is 3. The molecule has 0 saturated carbocycles. The fourth-order valence-corrected chi connectivity index (χ4v) is 3.00. The molecular formula is C23H23FN5O2+. The van der Waals surface area contributed by atoms with Gasteiger partial charge in [0.2, 0.25) is 11.7 Å². The van der Waals surface area contributed by atoms with Crippen molar-refractivity contribution in [3.63, 3.8) is 0 Å². The maximum atomic E-state index is 13.5. The fourth-order valence-electron chi connectivity index (χ4n) is 3.00. The molecule has 0 aliphatic carbocycles. The number of hydrogen-bond acceptors (Lipinski definition) is 6. The molecule has 0 fully saturated rings. The first-order valence-corrected chi connectivity index (χ1v) is 9.59. The minimum Gasteiger partial charge on any atom is -0.480 e. The summed E-state index contributed by atoms with van der Waals surface area (Å²) in [4.78, 5) is 21.7. The average molecular weight is 420 g/mol.